The van der Waals surface area contributed by atoms with Crippen LogP contribution in [0.15, 0.2) is 35.1 Å². The van der Waals surface area contributed by atoms with E-state index in [1.807, 2.05) is 19.0 Å². The number of aromatic hydroxyl groups is 1. The Bertz CT molecular complexity index is 1540. The topological polar surface area (TPSA) is 165 Å². The lowest BCUT2D eigenvalue weighted by atomic mass is 9.57. The Labute approximate surface area is 223 Å². The summed E-state index contributed by atoms with van der Waals surface area (Å²) in [5.41, 5.74) is 1.91. The number of aliphatic hydroxyl groups is 3. The minimum absolute atomic E-state index is 0.00553. The number of carbonyl (C=O) groups is 3. The summed E-state index contributed by atoms with van der Waals surface area (Å²) < 4.78 is 15.9. The van der Waals surface area contributed by atoms with Gasteiger partial charge >= 0.3 is 0 Å². The zero-order valence-electron chi connectivity index (χ0n) is 21.9. The number of aliphatic hydroxyl groups excluding tert-OH is 2. The molecule has 6 N–H and O–H groups in total. The van der Waals surface area contributed by atoms with Gasteiger partial charge in [-0.25, -0.2) is 4.39 Å². The van der Waals surface area contributed by atoms with Crippen molar-refractivity contribution in [3.05, 3.63) is 57.6 Å². The van der Waals surface area contributed by atoms with E-state index in [9.17, 15) is 34.8 Å². The van der Waals surface area contributed by atoms with E-state index >= 15 is 4.39 Å². The fraction of sp³-hybridized carbons (Fsp3) is 0.393. The van der Waals surface area contributed by atoms with E-state index in [0.29, 0.717) is 6.54 Å². The Morgan fingerprint density at radius 2 is 1.79 bits per heavy atom. The Kier molecular flexibility index (Phi) is 6.09. The maximum Gasteiger partial charge on any atom is 0.255 e. The normalized spacial score (nSPS) is 26.8. The van der Waals surface area contributed by atoms with Crippen LogP contribution in [-0.2, 0) is 27.3 Å². The summed E-state index contributed by atoms with van der Waals surface area (Å²) in [4.78, 5) is 42.4. The smallest absolute Gasteiger partial charge is 0.255 e. The zero-order chi connectivity index (χ0) is 28.7. The molecule has 0 aromatic heterocycles. The first-order chi connectivity index (χ1) is 18.2. The van der Waals surface area contributed by atoms with Crippen molar-refractivity contribution in [2.75, 3.05) is 28.2 Å². The summed E-state index contributed by atoms with van der Waals surface area (Å²) in [6.07, 6.45) is -0.213. The van der Waals surface area contributed by atoms with Gasteiger partial charge in [-0.05, 0) is 58.6 Å². The van der Waals surface area contributed by atoms with E-state index in [-0.39, 0.29) is 40.3 Å². The third-order valence-corrected chi connectivity index (χ3v) is 8.19. The number of halogens is 1. The molecule has 1 fully saturated rings. The second-order valence-corrected chi connectivity index (χ2v) is 11.1. The van der Waals surface area contributed by atoms with Crippen LogP contribution in [0.2, 0.25) is 0 Å². The molecule has 11 heteroatoms. The standard InChI is InChI=1S/C28H30FN3O7/c1-31(2)10-11-5-6-13-14(7-11)22(33)18-15(20(13)29)8-12-9-16-21(32(3)4)24(35)19(27(30)38)26(37)28(16,39)25(36)17(12)23(18)34/h5-7,12,16,21,33-34,37,39H,8-10H2,1-4H3,(H2,30,38)/t12-,16-,21-,28-/m0/s1. The molecule has 0 spiro atoms. The predicted octanol–water partition coefficient (Wildman–Crippen LogP) is 1.32. The first-order valence-electron chi connectivity index (χ1n) is 12.5. The second-order valence-electron chi connectivity index (χ2n) is 11.1. The highest BCUT2D eigenvalue weighted by Gasteiger charge is 2.64. The Balaban J connectivity index is 1.75. The molecule has 0 aliphatic heterocycles. The van der Waals surface area contributed by atoms with Crippen molar-refractivity contribution in [1.82, 2.24) is 9.80 Å². The number of likely N-dealkylation sites (N-methyl/N-ethyl adjacent to an activating group) is 1. The van der Waals surface area contributed by atoms with Crippen molar-refractivity contribution in [2.24, 2.45) is 17.6 Å². The van der Waals surface area contributed by atoms with E-state index in [0.717, 1.165) is 5.56 Å². The number of ketones is 2. The van der Waals surface area contributed by atoms with E-state index in [4.69, 9.17) is 5.73 Å². The molecule has 3 aliphatic carbocycles. The highest BCUT2D eigenvalue weighted by Crippen LogP contribution is 2.53. The van der Waals surface area contributed by atoms with Crippen LogP contribution in [0.1, 0.15) is 23.1 Å². The van der Waals surface area contributed by atoms with Gasteiger partial charge in [0.2, 0.25) is 5.78 Å². The molecule has 39 heavy (non-hydrogen) atoms. The molecule has 0 saturated heterocycles. The fourth-order valence-electron chi connectivity index (χ4n) is 6.57. The number of fused-ring (bicyclic) bond motifs is 4. The molecule has 0 bridgehead atoms. The number of Topliss-reactive ketones (excluding diaryl/α,β-unsaturated/α-hetero) is 2. The molecule has 4 atom stereocenters. The summed E-state index contributed by atoms with van der Waals surface area (Å²) >= 11 is 0. The minimum Gasteiger partial charge on any atom is -0.508 e. The quantitative estimate of drug-likeness (QED) is 0.360. The molecule has 0 radical (unpaired) electrons. The van der Waals surface area contributed by atoms with Crippen molar-refractivity contribution in [2.45, 2.75) is 31.0 Å². The number of benzene rings is 2. The molecule has 2 aromatic carbocycles. The van der Waals surface area contributed by atoms with Crippen LogP contribution in [0.5, 0.6) is 5.75 Å². The van der Waals surface area contributed by atoms with Crippen LogP contribution in [0.3, 0.4) is 0 Å². The van der Waals surface area contributed by atoms with Crippen LogP contribution in [0.4, 0.5) is 4.39 Å². The number of amides is 1. The summed E-state index contributed by atoms with van der Waals surface area (Å²) in [5.74, 6) is -8.31. The van der Waals surface area contributed by atoms with Crippen molar-refractivity contribution < 1.29 is 39.2 Å². The molecule has 2 aromatic rings. The lowest BCUT2D eigenvalue weighted by Gasteiger charge is -2.50. The van der Waals surface area contributed by atoms with Crippen molar-refractivity contribution >= 4 is 34.0 Å². The molecular weight excluding hydrogens is 509 g/mol. The van der Waals surface area contributed by atoms with Gasteiger partial charge in [-0.2, -0.15) is 0 Å². The van der Waals surface area contributed by atoms with Gasteiger partial charge in [-0.1, -0.05) is 12.1 Å². The maximum atomic E-state index is 15.9. The van der Waals surface area contributed by atoms with Gasteiger partial charge in [0.15, 0.2) is 11.4 Å². The number of hydrogen-bond donors (Lipinski definition) is 5. The molecule has 10 nitrogen and oxygen atoms in total. The van der Waals surface area contributed by atoms with E-state index in [1.54, 1.807) is 18.2 Å². The monoisotopic (exact) mass is 539 g/mol. The summed E-state index contributed by atoms with van der Waals surface area (Å²) in [6.45, 7) is 0.510. The molecule has 1 amide bonds. The number of rotatable bonds is 4. The molecule has 0 unspecified atom stereocenters. The number of carbonyl (C=O) groups excluding carboxylic acids is 3. The van der Waals surface area contributed by atoms with Gasteiger partial charge in [-0.3, -0.25) is 19.3 Å². The lowest BCUT2D eigenvalue weighted by Crippen LogP contribution is -2.65. The van der Waals surface area contributed by atoms with Crippen molar-refractivity contribution in [1.29, 1.82) is 0 Å². The van der Waals surface area contributed by atoms with Gasteiger partial charge in [0.1, 0.15) is 28.7 Å². The molecule has 1 saturated carbocycles. The van der Waals surface area contributed by atoms with Crippen molar-refractivity contribution in [3.63, 3.8) is 0 Å². The summed E-state index contributed by atoms with van der Waals surface area (Å²) in [7, 11) is 6.74. The first kappa shape index (κ1) is 26.8. The Morgan fingerprint density at radius 3 is 2.38 bits per heavy atom. The Morgan fingerprint density at radius 1 is 1.13 bits per heavy atom. The summed E-state index contributed by atoms with van der Waals surface area (Å²) in [5, 5.41) is 45.4. The van der Waals surface area contributed by atoms with Gasteiger partial charge in [-0.15, -0.1) is 0 Å². The van der Waals surface area contributed by atoms with Crippen molar-refractivity contribution in [3.8, 4) is 5.75 Å². The molecular formula is C28H30FN3O7. The third kappa shape index (κ3) is 3.60. The minimum atomic E-state index is -2.74. The highest BCUT2D eigenvalue weighted by molar-refractivity contribution is 6.24. The van der Waals surface area contributed by atoms with Gasteiger partial charge < -0.3 is 31.1 Å². The molecule has 3 aliphatic rings. The first-order valence-corrected chi connectivity index (χ1v) is 12.5. The SMILES string of the molecule is CN(C)Cc1ccc2c(F)c3c(c(O)c2c1)C(O)=C1C(=O)[C@]2(O)C(O)=C(C(N)=O)C(=O)[C@@H](N(C)C)[C@@H]2C[C@@H]1C3. The lowest BCUT2D eigenvalue weighted by molar-refractivity contribution is -0.153. The summed E-state index contributed by atoms with van der Waals surface area (Å²) in [6, 6.07) is 3.70. The average molecular weight is 540 g/mol. The number of phenols is 1. The van der Waals surface area contributed by atoms with Crippen LogP contribution < -0.4 is 5.73 Å². The average Bonchev–Trinajstić information content (AvgIpc) is 2.83. The van der Waals surface area contributed by atoms with Crippen LogP contribution in [0, 0.1) is 17.7 Å². The van der Waals surface area contributed by atoms with Gasteiger partial charge in [0.25, 0.3) is 5.91 Å². The molecule has 0 heterocycles. The number of hydrogen-bond acceptors (Lipinski definition) is 9. The van der Waals surface area contributed by atoms with Crippen LogP contribution >= 0.6 is 0 Å². The molecule has 206 valence electrons. The van der Waals surface area contributed by atoms with E-state index in [2.05, 4.69) is 0 Å². The highest BCUT2D eigenvalue weighted by atomic mass is 19.1. The zero-order valence-corrected chi connectivity index (χ0v) is 21.9. The predicted molar refractivity (Wildman–Crippen MR) is 139 cm³/mol. The Hall–Kier alpha value is -3.80. The van der Waals surface area contributed by atoms with Gasteiger partial charge in [0, 0.05) is 34.4 Å². The van der Waals surface area contributed by atoms with E-state index < -0.39 is 69.6 Å². The van der Waals surface area contributed by atoms with Crippen LogP contribution in [-0.4, -0.2) is 87.5 Å². The van der Waals surface area contributed by atoms with E-state index in [1.165, 1.54) is 19.0 Å². The number of phenolic OH excluding ortho intramolecular Hbond substituents is 1. The fourth-order valence-corrected chi connectivity index (χ4v) is 6.57. The number of nitrogens with two attached hydrogens (primary N) is 1. The molecule has 5 rings (SSSR count). The number of nitrogens with zero attached hydrogens (tertiary/aromatic N) is 2. The maximum absolute atomic E-state index is 15.9. The second kappa shape index (κ2) is 8.87. The third-order valence-electron chi connectivity index (χ3n) is 8.19. The van der Waals surface area contributed by atoms with Gasteiger partial charge in [0.05, 0.1) is 11.6 Å². The number of primary amides is 1. The largest absolute Gasteiger partial charge is 0.508 e. The van der Waals surface area contributed by atoms with Crippen LogP contribution in [0.25, 0.3) is 16.5 Å².